The Balaban J connectivity index is 1.91. The SMILES string of the molecule is CCOc1ccc([C@H](CC(=O)[O-])NC(=O)CCCc2ccccc2)cc1. The van der Waals surface area contributed by atoms with Crippen LogP contribution in [0, 0.1) is 0 Å². The minimum atomic E-state index is -1.20. The molecule has 2 rings (SSSR count). The van der Waals surface area contributed by atoms with Gasteiger partial charge in [-0.15, -0.1) is 0 Å². The van der Waals surface area contributed by atoms with Gasteiger partial charge >= 0.3 is 0 Å². The predicted octanol–water partition coefficient (Wildman–Crippen LogP) is 2.41. The summed E-state index contributed by atoms with van der Waals surface area (Å²) in [5.41, 5.74) is 1.90. The zero-order valence-corrected chi connectivity index (χ0v) is 14.9. The number of carbonyl (C=O) groups excluding carboxylic acids is 2. The summed E-state index contributed by atoms with van der Waals surface area (Å²) in [6, 6.07) is 16.4. The van der Waals surface area contributed by atoms with Crippen molar-refractivity contribution >= 4 is 11.9 Å². The molecule has 1 amide bonds. The van der Waals surface area contributed by atoms with Crippen molar-refractivity contribution in [3.8, 4) is 5.75 Å². The van der Waals surface area contributed by atoms with Gasteiger partial charge in [0.1, 0.15) is 5.75 Å². The number of rotatable bonds is 10. The van der Waals surface area contributed by atoms with Gasteiger partial charge in [-0.25, -0.2) is 0 Å². The highest BCUT2D eigenvalue weighted by molar-refractivity contribution is 5.77. The molecule has 0 bridgehead atoms. The molecule has 0 saturated heterocycles. The minimum Gasteiger partial charge on any atom is -0.550 e. The summed E-state index contributed by atoms with van der Waals surface area (Å²) in [5.74, 6) is -0.660. The summed E-state index contributed by atoms with van der Waals surface area (Å²) in [5, 5.41) is 13.8. The number of benzene rings is 2. The van der Waals surface area contributed by atoms with Gasteiger partial charge in [-0.3, -0.25) is 4.79 Å². The topological polar surface area (TPSA) is 78.5 Å². The fourth-order valence-electron chi connectivity index (χ4n) is 2.75. The molecule has 1 atom stereocenters. The molecule has 2 aromatic carbocycles. The van der Waals surface area contributed by atoms with E-state index in [1.807, 2.05) is 37.3 Å². The summed E-state index contributed by atoms with van der Waals surface area (Å²) in [6.45, 7) is 2.45. The number of carboxylic acids is 1. The quantitative estimate of drug-likeness (QED) is 0.711. The molecule has 1 N–H and O–H groups in total. The van der Waals surface area contributed by atoms with E-state index in [4.69, 9.17) is 4.74 Å². The van der Waals surface area contributed by atoms with Gasteiger partial charge < -0.3 is 20.0 Å². The molecule has 2 aromatic rings. The zero-order valence-electron chi connectivity index (χ0n) is 14.9. The summed E-state index contributed by atoms with van der Waals surface area (Å²) in [4.78, 5) is 23.3. The van der Waals surface area contributed by atoms with Gasteiger partial charge in [0.05, 0.1) is 12.6 Å². The van der Waals surface area contributed by atoms with Crippen molar-refractivity contribution in [2.24, 2.45) is 0 Å². The van der Waals surface area contributed by atoms with E-state index in [1.165, 1.54) is 5.56 Å². The van der Waals surface area contributed by atoms with Crippen molar-refractivity contribution in [1.82, 2.24) is 5.32 Å². The van der Waals surface area contributed by atoms with Crippen LogP contribution in [0.5, 0.6) is 5.75 Å². The monoisotopic (exact) mass is 354 g/mol. The smallest absolute Gasteiger partial charge is 0.220 e. The van der Waals surface area contributed by atoms with Crippen molar-refractivity contribution in [1.29, 1.82) is 0 Å². The van der Waals surface area contributed by atoms with Gasteiger partial charge in [0.15, 0.2) is 0 Å². The number of amides is 1. The number of aryl methyl sites for hydroxylation is 1. The lowest BCUT2D eigenvalue weighted by Crippen LogP contribution is -2.34. The fourth-order valence-corrected chi connectivity index (χ4v) is 2.75. The van der Waals surface area contributed by atoms with Gasteiger partial charge in [-0.1, -0.05) is 42.5 Å². The Morgan fingerprint density at radius 1 is 1.08 bits per heavy atom. The van der Waals surface area contributed by atoms with Crippen LogP contribution in [-0.2, 0) is 16.0 Å². The Morgan fingerprint density at radius 3 is 2.38 bits per heavy atom. The molecule has 138 valence electrons. The molecule has 5 heteroatoms. The maximum Gasteiger partial charge on any atom is 0.220 e. The molecule has 0 radical (unpaired) electrons. The Labute approximate surface area is 154 Å². The Morgan fingerprint density at radius 2 is 1.77 bits per heavy atom. The van der Waals surface area contributed by atoms with Crippen LogP contribution in [-0.4, -0.2) is 18.5 Å². The largest absolute Gasteiger partial charge is 0.550 e. The second-order valence-electron chi connectivity index (χ2n) is 6.04. The van der Waals surface area contributed by atoms with Crippen molar-refractivity contribution in [2.75, 3.05) is 6.61 Å². The molecule has 0 spiro atoms. The summed E-state index contributed by atoms with van der Waals surface area (Å²) in [7, 11) is 0. The zero-order chi connectivity index (χ0) is 18.8. The third kappa shape index (κ3) is 6.59. The van der Waals surface area contributed by atoms with Crippen LogP contribution in [0.25, 0.3) is 0 Å². The van der Waals surface area contributed by atoms with E-state index in [0.717, 1.165) is 6.42 Å². The van der Waals surface area contributed by atoms with E-state index in [0.29, 0.717) is 30.8 Å². The summed E-state index contributed by atoms with van der Waals surface area (Å²) in [6.07, 6.45) is 1.59. The molecule has 0 fully saturated rings. The van der Waals surface area contributed by atoms with Crippen molar-refractivity contribution in [3.63, 3.8) is 0 Å². The number of carbonyl (C=O) groups is 2. The lowest BCUT2D eigenvalue weighted by molar-refractivity contribution is -0.306. The molecule has 0 aliphatic rings. The normalized spacial score (nSPS) is 11.6. The third-order valence-corrected chi connectivity index (χ3v) is 4.01. The van der Waals surface area contributed by atoms with Crippen LogP contribution in [0.3, 0.4) is 0 Å². The molecule has 0 saturated carbocycles. The van der Waals surface area contributed by atoms with Crippen LogP contribution in [0.1, 0.15) is 43.4 Å². The van der Waals surface area contributed by atoms with Gasteiger partial charge in [-0.2, -0.15) is 0 Å². The second-order valence-corrected chi connectivity index (χ2v) is 6.04. The Bertz CT molecular complexity index is 698. The van der Waals surface area contributed by atoms with Gasteiger partial charge in [0.25, 0.3) is 0 Å². The highest BCUT2D eigenvalue weighted by atomic mass is 16.5. The predicted molar refractivity (Wildman–Crippen MR) is 97.5 cm³/mol. The van der Waals surface area contributed by atoms with E-state index in [9.17, 15) is 14.7 Å². The fraction of sp³-hybridized carbons (Fsp3) is 0.333. The number of carboxylic acid groups (broad SMARTS) is 1. The second kappa shape index (κ2) is 10.2. The van der Waals surface area contributed by atoms with Crippen LogP contribution in [0.15, 0.2) is 54.6 Å². The van der Waals surface area contributed by atoms with E-state index >= 15 is 0 Å². The maximum absolute atomic E-state index is 12.2. The Hall–Kier alpha value is -2.82. The number of hydrogen-bond donors (Lipinski definition) is 1. The molecule has 26 heavy (non-hydrogen) atoms. The van der Waals surface area contributed by atoms with E-state index < -0.39 is 12.0 Å². The molecule has 0 unspecified atom stereocenters. The van der Waals surface area contributed by atoms with Gasteiger partial charge in [0, 0.05) is 18.8 Å². The van der Waals surface area contributed by atoms with E-state index in [2.05, 4.69) is 5.32 Å². The maximum atomic E-state index is 12.2. The van der Waals surface area contributed by atoms with Crippen molar-refractivity contribution in [3.05, 3.63) is 65.7 Å². The molecule has 0 aliphatic heterocycles. The average molecular weight is 354 g/mol. The van der Waals surface area contributed by atoms with Crippen molar-refractivity contribution < 1.29 is 19.4 Å². The van der Waals surface area contributed by atoms with Gasteiger partial charge in [-0.05, 0) is 43.0 Å². The van der Waals surface area contributed by atoms with E-state index in [1.54, 1.807) is 24.3 Å². The molecular formula is C21H24NO4-. The number of nitrogens with one attached hydrogen (secondary N) is 1. The standard InChI is InChI=1S/C21H25NO4/c1-2-26-18-13-11-17(12-14-18)19(15-21(24)25)22-20(23)10-6-9-16-7-4-3-5-8-16/h3-5,7-8,11-14,19H,2,6,9-10,15H2,1H3,(H,22,23)(H,24,25)/p-1/t19-/m0/s1. The first-order valence-electron chi connectivity index (χ1n) is 8.84. The van der Waals surface area contributed by atoms with Crippen molar-refractivity contribution in [2.45, 2.75) is 38.6 Å². The molecule has 0 heterocycles. The average Bonchev–Trinajstić information content (AvgIpc) is 2.63. The number of aliphatic carboxylic acids is 1. The first-order valence-corrected chi connectivity index (χ1v) is 8.84. The lowest BCUT2D eigenvalue weighted by atomic mass is 10.0. The van der Waals surface area contributed by atoms with Crippen LogP contribution in [0.4, 0.5) is 0 Å². The highest BCUT2D eigenvalue weighted by Gasteiger charge is 2.15. The summed E-state index contributed by atoms with van der Waals surface area (Å²) < 4.78 is 5.38. The molecule has 0 aliphatic carbocycles. The van der Waals surface area contributed by atoms with E-state index in [-0.39, 0.29) is 12.3 Å². The highest BCUT2D eigenvalue weighted by Crippen LogP contribution is 2.20. The number of ether oxygens (including phenoxy) is 1. The minimum absolute atomic E-state index is 0.166. The third-order valence-electron chi connectivity index (χ3n) is 4.01. The Kier molecular flexibility index (Phi) is 7.68. The molecule has 0 aromatic heterocycles. The van der Waals surface area contributed by atoms with Gasteiger partial charge in [0.2, 0.25) is 5.91 Å². The molecular weight excluding hydrogens is 330 g/mol. The lowest BCUT2D eigenvalue weighted by Gasteiger charge is -2.20. The summed E-state index contributed by atoms with van der Waals surface area (Å²) >= 11 is 0. The first-order chi connectivity index (χ1) is 12.6. The van der Waals surface area contributed by atoms with Crippen LogP contribution >= 0.6 is 0 Å². The first kappa shape index (κ1) is 19.5. The van der Waals surface area contributed by atoms with Crippen LogP contribution < -0.4 is 15.2 Å². The molecule has 5 nitrogen and oxygen atoms in total. The van der Waals surface area contributed by atoms with Crippen LogP contribution in [0.2, 0.25) is 0 Å². The number of hydrogen-bond acceptors (Lipinski definition) is 4.